The van der Waals surface area contributed by atoms with Crippen molar-refractivity contribution in [1.82, 2.24) is 19.5 Å². The first kappa shape index (κ1) is 38.0. The molecule has 6 nitrogen and oxygen atoms in total. The van der Waals surface area contributed by atoms with E-state index in [1.165, 1.54) is 38.9 Å². The van der Waals surface area contributed by atoms with Crippen molar-refractivity contribution >= 4 is 60.9 Å². The highest BCUT2D eigenvalue weighted by molar-refractivity contribution is 6.31. The van der Waals surface area contributed by atoms with Gasteiger partial charge in [-0.2, -0.15) is 0 Å². The topological polar surface area (TPSA) is 79.5 Å². The van der Waals surface area contributed by atoms with Crippen molar-refractivity contribution in [3.05, 3.63) is 206 Å². The second-order valence-electron chi connectivity index (χ2n) is 14.9. The molecule has 62 heavy (non-hydrogen) atoms. The summed E-state index contributed by atoms with van der Waals surface area (Å²) in [5.74, 6) is 1.82. The number of benzene rings is 9. The van der Waals surface area contributed by atoms with Crippen molar-refractivity contribution in [2.24, 2.45) is 0 Å². The number of fused-ring (bicyclic) bond motifs is 7. The van der Waals surface area contributed by atoms with Gasteiger partial charge in [-0.3, -0.25) is 0 Å². The molecular weight excluding hydrogens is 757 g/mol. The Hall–Kier alpha value is -8.22. The molecule has 0 aliphatic rings. The Morgan fingerprint density at radius 1 is 0.452 bits per heavy atom. The molecule has 2 N–H and O–H groups in total. The van der Waals surface area contributed by atoms with Crippen LogP contribution in [-0.2, 0) is 0 Å². The molecule has 0 saturated carbocycles. The highest BCUT2D eigenvalue weighted by Gasteiger charge is 2.21. The fraction of sp³-hybridized carbons (Fsp3) is 0.0357. The van der Waals surface area contributed by atoms with Gasteiger partial charge in [0.1, 0.15) is 0 Å². The van der Waals surface area contributed by atoms with Gasteiger partial charge in [-0.05, 0) is 75.8 Å². The fourth-order valence-electron chi connectivity index (χ4n) is 8.52. The molecule has 296 valence electrons. The van der Waals surface area contributed by atoms with E-state index in [-0.39, 0.29) is 0 Å². The first-order chi connectivity index (χ1) is 30.7. The smallest absolute Gasteiger partial charge is 0.164 e. The Bertz CT molecular complexity index is 3340. The van der Waals surface area contributed by atoms with E-state index in [4.69, 9.17) is 20.4 Å². The van der Waals surface area contributed by atoms with Gasteiger partial charge in [-0.1, -0.05) is 166 Å². The van der Waals surface area contributed by atoms with Crippen LogP contribution in [0.5, 0.6) is 0 Å². The molecule has 0 atom stereocenters. The lowest BCUT2D eigenvalue weighted by Crippen LogP contribution is -2.01. The summed E-state index contributed by atoms with van der Waals surface area (Å²) in [6.07, 6.45) is 1.45. The van der Waals surface area contributed by atoms with E-state index in [1.54, 1.807) is 0 Å². The van der Waals surface area contributed by atoms with Gasteiger partial charge in [0.05, 0.1) is 11.0 Å². The van der Waals surface area contributed by atoms with Crippen molar-refractivity contribution < 1.29 is 0 Å². The van der Waals surface area contributed by atoms with Gasteiger partial charge in [0.15, 0.2) is 17.5 Å². The third-order valence-corrected chi connectivity index (χ3v) is 11.3. The zero-order valence-corrected chi connectivity index (χ0v) is 34.4. The summed E-state index contributed by atoms with van der Waals surface area (Å²) >= 11 is 0. The van der Waals surface area contributed by atoms with Crippen molar-refractivity contribution in [2.45, 2.75) is 13.8 Å². The van der Waals surface area contributed by atoms with Crippen molar-refractivity contribution in [2.75, 3.05) is 5.32 Å². The second-order valence-corrected chi connectivity index (χ2v) is 14.9. The molecule has 2 heterocycles. The van der Waals surface area contributed by atoms with Crippen LogP contribution in [-0.4, -0.2) is 25.7 Å². The highest BCUT2D eigenvalue weighted by atomic mass is 15.0. The van der Waals surface area contributed by atoms with E-state index in [9.17, 15) is 0 Å². The maximum absolute atomic E-state index is 8.64. The second kappa shape index (κ2) is 16.4. The standard InChI is InChI=1S/C54H36N6.C2H6/c55-34-40-32-46-49(33-47(40)56-41-24-11-4-12-25-41)60(48-29-28-44-45(35-16-5-1-6-17-35)31-38-22-13-14-27-43(38)50(44)51(46)48)42-26-15-23-39(30-42)54-58-52(36-18-7-2-8-19-36)57-53(59-54)37-20-9-3-10-21-37;1-2/h1-34,55-56H;1-2H3. The molecule has 0 spiro atoms. The predicted molar refractivity (Wildman–Crippen MR) is 260 cm³/mol. The molecule has 6 heteroatoms. The summed E-state index contributed by atoms with van der Waals surface area (Å²) in [6, 6.07) is 69.3. The van der Waals surface area contributed by atoms with Crippen LogP contribution < -0.4 is 5.32 Å². The Kier molecular flexibility index (Phi) is 10.1. The monoisotopic (exact) mass is 798 g/mol. The third-order valence-electron chi connectivity index (χ3n) is 11.3. The molecule has 0 saturated heterocycles. The molecule has 0 unspecified atom stereocenters. The van der Waals surface area contributed by atoms with Gasteiger partial charge in [-0.15, -0.1) is 0 Å². The van der Waals surface area contributed by atoms with Gasteiger partial charge in [0, 0.05) is 61.7 Å². The lowest BCUT2D eigenvalue weighted by atomic mass is 9.91. The fourth-order valence-corrected chi connectivity index (χ4v) is 8.52. The number of hydrogen-bond donors (Lipinski definition) is 2. The van der Waals surface area contributed by atoms with Crippen LogP contribution in [0.2, 0.25) is 0 Å². The van der Waals surface area contributed by atoms with E-state index >= 15 is 0 Å². The van der Waals surface area contributed by atoms with Crippen LogP contribution in [0.1, 0.15) is 19.4 Å². The van der Waals surface area contributed by atoms with Gasteiger partial charge in [0.25, 0.3) is 0 Å². The number of nitrogens with one attached hydrogen (secondary N) is 2. The third kappa shape index (κ3) is 6.83. The van der Waals surface area contributed by atoms with E-state index in [0.29, 0.717) is 17.5 Å². The molecular formula is C56H42N6. The summed E-state index contributed by atoms with van der Waals surface area (Å²) in [4.78, 5) is 15.1. The summed E-state index contributed by atoms with van der Waals surface area (Å²) in [6.45, 7) is 4.00. The van der Waals surface area contributed by atoms with Crippen molar-refractivity contribution in [3.63, 3.8) is 0 Å². The number of nitrogens with zero attached hydrogens (tertiary/aromatic N) is 4. The molecule has 0 amide bonds. The van der Waals surface area contributed by atoms with Gasteiger partial charge < -0.3 is 15.3 Å². The maximum Gasteiger partial charge on any atom is 0.164 e. The largest absolute Gasteiger partial charge is 0.355 e. The predicted octanol–water partition coefficient (Wildman–Crippen LogP) is 14.7. The molecule has 0 fully saturated rings. The molecule has 0 aliphatic carbocycles. The Balaban J connectivity index is 0.00000226. The van der Waals surface area contributed by atoms with Crippen molar-refractivity contribution in [3.8, 4) is 51.0 Å². The lowest BCUT2D eigenvalue weighted by Gasteiger charge is -2.14. The van der Waals surface area contributed by atoms with Crippen LogP contribution in [0.3, 0.4) is 0 Å². The minimum absolute atomic E-state index is 0.590. The lowest BCUT2D eigenvalue weighted by molar-refractivity contribution is 1.07. The zero-order valence-electron chi connectivity index (χ0n) is 34.4. The average molecular weight is 799 g/mol. The van der Waals surface area contributed by atoms with Crippen LogP contribution >= 0.6 is 0 Å². The van der Waals surface area contributed by atoms with Crippen LogP contribution in [0, 0.1) is 5.41 Å². The number of para-hydroxylation sites is 1. The highest BCUT2D eigenvalue weighted by Crippen LogP contribution is 2.45. The SMILES string of the molecule is CC.N=Cc1cc2c3c4c(ccc3n(-c3cccc(-c5nc(-c6ccccc6)nc(-c6ccccc6)n5)c3)c2cc1Nc1ccccc1)c(-c1ccccc1)cc1ccccc14. The molecule has 2 aromatic heterocycles. The van der Waals surface area contributed by atoms with Crippen LogP contribution in [0.4, 0.5) is 11.4 Å². The molecule has 0 radical (unpaired) electrons. The Morgan fingerprint density at radius 2 is 1.02 bits per heavy atom. The number of anilines is 2. The Morgan fingerprint density at radius 3 is 1.66 bits per heavy atom. The summed E-state index contributed by atoms with van der Waals surface area (Å²) in [5, 5.41) is 19.2. The minimum Gasteiger partial charge on any atom is -0.355 e. The van der Waals surface area contributed by atoms with E-state index in [2.05, 4.69) is 119 Å². The van der Waals surface area contributed by atoms with E-state index < -0.39 is 0 Å². The minimum atomic E-state index is 0.590. The van der Waals surface area contributed by atoms with Gasteiger partial charge in [0.2, 0.25) is 0 Å². The van der Waals surface area contributed by atoms with Crippen molar-refractivity contribution in [1.29, 1.82) is 5.41 Å². The number of hydrogen-bond acceptors (Lipinski definition) is 5. The molecule has 0 aliphatic heterocycles. The summed E-state index contributed by atoms with van der Waals surface area (Å²) in [7, 11) is 0. The quantitative estimate of drug-likeness (QED) is 0.119. The van der Waals surface area contributed by atoms with E-state index in [1.807, 2.05) is 105 Å². The van der Waals surface area contributed by atoms with Gasteiger partial charge >= 0.3 is 0 Å². The molecule has 0 bridgehead atoms. The van der Waals surface area contributed by atoms with Crippen LogP contribution in [0.25, 0.3) is 94.3 Å². The first-order valence-electron chi connectivity index (χ1n) is 21.0. The number of aromatic nitrogens is 4. The maximum atomic E-state index is 8.64. The number of rotatable bonds is 8. The Labute approximate surface area is 360 Å². The zero-order chi connectivity index (χ0) is 42.0. The molecule has 11 aromatic rings. The van der Waals surface area contributed by atoms with Crippen LogP contribution in [0.15, 0.2) is 200 Å². The molecule has 9 aromatic carbocycles. The summed E-state index contributed by atoms with van der Waals surface area (Å²) < 4.78 is 2.35. The normalized spacial score (nSPS) is 11.1. The van der Waals surface area contributed by atoms with Gasteiger partial charge in [-0.25, -0.2) is 15.0 Å². The summed E-state index contributed by atoms with van der Waals surface area (Å²) in [5.41, 5.74) is 10.7. The average Bonchev–Trinajstić information content (AvgIpc) is 3.68. The van der Waals surface area contributed by atoms with E-state index in [0.717, 1.165) is 61.1 Å². The molecule has 11 rings (SSSR count). The first-order valence-corrected chi connectivity index (χ1v) is 21.0.